The van der Waals surface area contributed by atoms with Crippen molar-refractivity contribution in [2.45, 2.75) is 24.9 Å². The predicted molar refractivity (Wildman–Crippen MR) is 145 cm³/mol. The van der Waals surface area contributed by atoms with E-state index >= 15 is 0 Å². The molecular formula is C27H35N4O6S+. The number of hydrogen-bond acceptors (Lipinski definition) is 6. The Hall–Kier alpha value is -3.57. The van der Waals surface area contributed by atoms with Crippen LogP contribution in [0.1, 0.15) is 24.0 Å². The number of thioether (sulfide) groups is 1. The third-order valence-corrected chi connectivity index (χ3v) is 7.39. The summed E-state index contributed by atoms with van der Waals surface area (Å²) < 4.78 is 5.55. The maximum absolute atomic E-state index is 12.8. The van der Waals surface area contributed by atoms with Gasteiger partial charge in [0, 0.05) is 18.7 Å². The fourth-order valence-corrected chi connectivity index (χ4v) is 5.15. The number of likely N-dealkylation sites (N-methyl/N-ethyl adjacent to an activating group) is 2. The van der Waals surface area contributed by atoms with E-state index in [2.05, 4.69) is 10.6 Å². The van der Waals surface area contributed by atoms with Crippen LogP contribution in [0.3, 0.4) is 0 Å². The quantitative estimate of drug-likeness (QED) is 0.294. The van der Waals surface area contributed by atoms with Crippen LogP contribution in [-0.2, 0) is 19.1 Å². The molecule has 2 aromatic carbocycles. The molecule has 0 saturated carbocycles. The molecule has 0 aliphatic heterocycles. The number of benzene rings is 2. The molecule has 2 aromatic rings. The molecule has 0 aromatic heterocycles. The Labute approximate surface area is 226 Å². The Balaban J connectivity index is 1.62. The van der Waals surface area contributed by atoms with E-state index in [1.165, 1.54) is 18.7 Å². The van der Waals surface area contributed by atoms with Gasteiger partial charge in [-0.25, -0.2) is 4.79 Å². The number of carbonyl (C=O) groups is 4. The summed E-state index contributed by atoms with van der Waals surface area (Å²) in [6.45, 7) is 2.77. The summed E-state index contributed by atoms with van der Waals surface area (Å²) in [5.74, 6) is -1.92. The lowest BCUT2D eigenvalue weighted by atomic mass is 9.98. The van der Waals surface area contributed by atoms with Gasteiger partial charge in [0.05, 0.1) is 25.9 Å². The molecule has 1 aliphatic carbocycles. The van der Waals surface area contributed by atoms with E-state index < -0.39 is 30.1 Å². The molecule has 5 N–H and O–H groups in total. The summed E-state index contributed by atoms with van der Waals surface area (Å²) >= 11 is 1.18. The Kier molecular flexibility index (Phi) is 10.5. The summed E-state index contributed by atoms with van der Waals surface area (Å²) in [5, 5.41) is 16.1. The van der Waals surface area contributed by atoms with Crippen LogP contribution in [0.15, 0.2) is 48.5 Å². The maximum Gasteiger partial charge on any atom is 0.407 e. The van der Waals surface area contributed by atoms with Crippen LogP contribution in [0.5, 0.6) is 0 Å². The number of nitrogens with one attached hydrogen (secondary N) is 2. The van der Waals surface area contributed by atoms with Gasteiger partial charge >= 0.3 is 12.1 Å². The molecule has 204 valence electrons. The van der Waals surface area contributed by atoms with Crippen molar-refractivity contribution in [3.63, 3.8) is 0 Å². The number of fused-ring (bicyclic) bond motifs is 3. The first-order chi connectivity index (χ1) is 18.2. The Bertz CT molecular complexity index is 1110. The highest BCUT2D eigenvalue weighted by molar-refractivity contribution is 8.00. The van der Waals surface area contributed by atoms with Gasteiger partial charge in [0.25, 0.3) is 0 Å². The average Bonchev–Trinajstić information content (AvgIpc) is 3.23. The van der Waals surface area contributed by atoms with Gasteiger partial charge < -0.3 is 30.7 Å². The fraction of sp³-hybridized carbons (Fsp3) is 0.407. The molecule has 0 radical (unpaired) electrons. The number of rotatable bonds is 13. The van der Waals surface area contributed by atoms with Crippen LogP contribution in [0.25, 0.3) is 11.1 Å². The van der Waals surface area contributed by atoms with Crippen LogP contribution in [-0.4, -0.2) is 91.3 Å². The van der Waals surface area contributed by atoms with Crippen molar-refractivity contribution in [3.05, 3.63) is 59.7 Å². The summed E-state index contributed by atoms with van der Waals surface area (Å²) in [4.78, 5) is 50.7. The highest BCUT2D eigenvalue weighted by Gasteiger charge is 2.30. The first kappa shape index (κ1) is 29.0. The summed E-state index contributed by atoms with van der Waals surface area (Å²) in [6.07, 6.45) is -0.794. The van der Waals surface area contributed by atoms with Crippen molar-refractivity contribution >= 4 is 35.6 Å². The number of carboxylic acids is 1. The molecule has 10 nitrogen and oxygen atoms in total. The number of carbonyl (C=O) groups excluding carboxylic acids is 3. The van der Waals surface area contributed by atoms with Gasteiger partial charge in [0.2, 0.25) is 11.8 Å². The Morgan fingerprint density at radius 2 is 1.66 bits per heavy atom. The van der Waals surface area contributed by atoms with E-state index in [0.717, 1.165) is 28.8 Å². The standard InChI is InChI=1S/C27H34N4O6S/c1-17(26(34)35)29-25(33)23(15-38-16-24(32)31(3)13-12-28-2)30-27(36)37-14-22-20-10-6-4-8-18(20)19-9-5-7-11-21(19)22/h4-11,17,22-23,28H,12-16H2,1-3H3,(H,29,33)(H,30,36)(H,34,35)/p+1/t17-,23-/m0/s1. The first-order valence-electron chi connectivity index (χ1n) is 12.5. The molecule has 3 amide bonds. The number of aliphatic carboxylic acids is 1. The molecule has 1 aliphatic rings. The van der Waals surface area contributed by atoms with Gasteiger partial charge in [-0.2, -0.15) is 0 Å². The summed E-state index contributed by atoms with van der Waals surface area (Å²) in [5.41, 5.74) is 4.31. The number of nitrogens with zero attached hydrogens (tertiary/aromatic N) is 1. The molecule has 0 heterocycles. The second-order valence-electron chi connectivity index (χ2n) is 9.12. The topological polar surface area (TPSA) is 142 Å². The number of quaternary nitrogens is 1. The minimum absolute atomic E-state index is 0.0713. The molecule has 0 bridgehead atoms. The fourth-order valence-electron chi connectivity index (χ4n) is 4.16. The van der Waals surface area contributed by atoms with Gasteiger partial charge in [-0.1, -0.05) is 48.5 Å². The van der Waals surface area contributed by atoms with E-state index in [9.17, 15) is 19.2 Å². The van der Waals surface area contributed by atoms with Crippen LogP contribution in [0.4, 0.5) is 4.79 Å². The Morgan fingerprint density at radius 3 is 2.24 bits per heavy atom. The highest BCUT2D eigenvalue weighted by Crippen LogP contribution is 2.44. The minimum Gasteiger partial charge on any atom is -0.480 e. The van der Waals surface area contributed by atoms with Crippen LogP contribution in [0.2, 0.25) is 0 Å². The minimum atomic E-state index is -1.20. The first-order valence-corrected chi connectivity index (χ1v) is 13.6. The summed E-state index contributed by atoms with van der Waals surface area (Å²) in [7, 11) is 3.63. The van der Waals surface area contributed by atoms with Crippen LogP contribution in [0, 0.1) is 0 Å². The van der Waals surface area contributed by atoms with Gasteiger partial charge in [-0.3, -0.25) is 14.4 Å². The van der Waals surface area contributed by atoms with E-state index in [0.29, 0.717) is 6.54 Å². The number of hydrogen-bond donors (Lipinski definition) is 4. The zero-order valence-corrected chi connectivity index (χ0v) is 22.6. The van der Waals surface area contributed by atoms with E-state index in [-0.39, 0.29) is 29.9 Å². The van der Waals surface area contributed by atoms with Gasteiger partial charge in [-0.15, -0.1) is 11.8 Å². The van der Waals surface area contributed by atoms with Crippen molar-refractivity contribution in [1.29, 1.82) is 0 Å². The lowest BCUT2D eigenvalue weighted by Crippen LogP contribution is -2.81. The smallest absolute Gasteiger partial charge is 0.407 e. The third-order valence-electron chi connectivity index (χ3n) is 6.37. The molecule has 2 atom stereocenters. The second-order valence-corrected chi connectivity index (χ2v) is 10.1. The average molecular weight is 544 g/mol. The lowest BCUT2D eigenvalue weighted by Gasteiger charge is -2.21. The summed E-state index contributed by atoms with van der Waals surface area (Å²) in [6, 6.07) is 13.7. The van der Waals surface area contributed by atoms with E-state index in [4.69, 9.17) is 9.84 Å². The Morgan fingerprint density at radius 1 is 1.05 bits per heavy atom. The van der Waals surface area contributed by atoms with Gasteiger partial charge in [0.15, 0.2) is 0 Å². The number of alkyl carbamates (subject to hydrolysis) is 1. The molecule has 0 saturated heterocycles. The van der Waals surface area contributed by atoms with Gasteiger partial charge in [-0.05, 0) is 29.2 Å². The third kappa shape index (κ3) is 7.48. The molecule has 0 fully saturated rings. The van der Waals surface area contributed by atoms with E-state index in [1.54, 1.807) is 11.9 Å². The van der Waals surface area contributed by atoms with Crippen LogP contribution < -0.4 is 16.0 Å². The molecule has 0 spiro atoms. The van der Waals surface area contributed by atoms with Crippen LogP contribution >= 0.6 is 11.8 Å². The second kappa shape index (κ2) is 13.8. The number of ether oxygens (including phenoxy) is 1. The predicted octanol–water partition coefficient (Wildman–Crippen LogP) is 0.868. The van der Waals surface area contributed by atoms with Crippen molar-refractivity contribution in [3.8, 4) is 11.1 Å². The zero-order valence-electron chi connectivity index (χ0n) is 21.8. The largest absolute Gasteiger partial charge is 0.480 e. The zero-order chi connectivity index (χ0) is 27.7. The van der Waals surface area contributed by atoms with Crippen molar-refractivity contribution in [2.75, 3.05) is 45.3 Å². The van der Waals surface area contributed by atoms with Gasteiger partial charge in [0.1, 0.15) is 18.7 Å². The molecule has 11 heteroatoms. The highest BCUT2D eigenvalue weighted by atomic mass is 32.2. The normalized spacial score (nSPS) is 13.6. The molecule has 38 heavy (non-hydrogen) atoms. The number of nitrogens with two attached hydrogens (primary N) is 1. The van der Waals surface area contributed by atoms with Crippen molar-refractivity contribution in [2.24, 2.45) is 0 Å². The molecule has 0 unspecified atom stereocenters. The van der Waals surface area contributed by atoms with Crippen molar-refractivity contribution in [1.82, 2.24) is 15.5 Å². The SMILES string of the molecule is C[NH2+]CCN(C)C(=O)CSC[C@H](NC(=O)OCC1c2ccccc2-c2ccccc21)C(=O)N[C@@H](C)C(=O)O. The van der Waals surface area contributed by atoms with E-state index in [1.807, 2.05) is 60.9 Å². The number of carboxylic acid groups (broad SMARTS) is 1. The molecule has 3 rings (SSSR count). The lowest BCUT2D eigenvalue weighted by molar-refractivity contribution is -0.626. The molecular weight excluding hydrogens is 508 g/mol. The number of amides is 3. The maximum atomic E-state index is 12.8. The monoisotopic (exact) mass is 543 g/mol. The van der Waals surface area contributed by atoms with Crippen molar-refractivity contribution < 1.29 is 34.3 Å².